The van der Waals surface area contributed by atoms with Crippen molar-refractivity contribution in [1.29, 1.82) is 0 Å². The highest BCUT2D eigenvalue weighted by atomic mass is 28.4. The van der Waals surface area contributed by atoms with Crippen LogP contribution in [0.2, 0.25) is 16.6 Å². The second-order valence-corrected chi connectivity index (χ2v) is 16.0. The molecule has 30 heavy (non-hydrogen) atoms. The molecule has 0 bridgehead atoms. The number of benzene rings is 1. The van der Waals surface area contributed by atoms with E-state index in [0.717, 1.165) is 31.0 Å². The molecule has 1 N–H and O–H groups in total. The molecule has 4 rings (SSSR count). The quantitative estimate of drug-likeness (QED) is 0.503. The Morgan fingerprint density at radius 1 is 1.13 bits per heavy atom. The lowest BCUT2D eigenvalue weighted by Gasteiger charge is -2.42. The zero-order valence-corrected chi connectivity index (χ0v) is 20.7. The normalized spacial score (nSPS) is 28.5. The molecule has 1 aromatic rings. The zero-order chi connectivity index (χ0) is 21.8. The van der Waals surface area contributed by atoms with Gasteiger partial charge in [-0.3, -0.25) is 0 Å². The first kappa shape index (κ1) is 21.9. The van der Waals surface area contributed by atoms with E-state index in [2.05, 4.69) is 71.7 Å². The molecule has 1 aliphatic carbocycles. The molecular weight excluding hydrogens is 390 g/mol. The molecule has 2 aliphatic heterocycles. The topological polar surface area (TPSA) is 41.9 Å². The van der Waals surface area contributed by atoms with Gasteiger partial charge >= 0.3 is 0 Å². The van der Waals surface area contributed by atoms with E-state index in [1.165, 1.54) is 11.1 Å². The molecular formula is C25H39NO3Si. The molecule has 0 aromatic heterocycles. The summed E-state index contributed by atoms with van der Waals surface area (Å²) in [5, 5.41) is 10.3. The average molecular weight is 430 g/mol. The summed E-state index contributed by atoms with van der Waals surface area (Å²) in [6.45, 7) is 15.9. The third-order valence-electron chi connectivity index (χ3n) is 7.92. The van der Waals surface area contributed by atoms with Gasteiger partial charge < -0.3 is 19.2 Å². The highest BCUT2D eigenvalue weighted by molar-refractivity contribution is 6.78. The van der Waals surface area contributed by atoms with E-state index in [1.807, 2.05) is 6.08 Å². The van der Waals surface area contributed by atoms with Gasteiger partial charge in [0.2, 0.25) is 0 Å². The average Bonchev–Trinajstić information content (AvgIpc) is 2.92. The van der Waals surface area contributed by atoms with E-state index >= 15 is 0 Å². The first-order chi connectivity index (χ1) is 14.1. The Hall–Kier alpha value is -1.30. The molecule has 2 heterocycles. The molecule has 3 aliphatic rings. The molecule has 0 saturated carbocycles. The second kappa shape index (κ2) is 7.68. The van der Waals surface area contributed by atoms with Gasteiger partial charge in [0.05, 0.1) is 11.5 Å². The molecule has 1 spiro atoms. The van der Waals surface area contributed by atoms with Crippen LogP contribution >= 0.6 is 0 Å². The predicted molar refractivity (Wildman–Crippen MR) is 125 cm³/mol. The lowest BCUT2D eigenvalue weighted by atomic mass is 9.69. The van der Waals surface area contributed by atoms with Gasteiger partial charge in [-0.05, 0) is 48.3 Å². The lowest BCUT2D eigenvalue weighted by molar-refractivity contribution is 0.0826. The zero-order valence-electron chi connectivity index (χ0n) is 19.7. The van der Waals surface area contributed by atoms with Gasteiger partial charge in [-0.2, -0.15) is 0 Å². The van der Waals surface area contributed by atoms with Crippen LogP contribution in [0.3, 0.4) is 0 Å². The lowest BCUT2D eigenvalue weighted by Crippen LogP contribution is -2.50. The maximum absolute atomic E-state index is 10.3. The van der Waals surface area contributed by atoms with Gasteiger partial charge in [0.1, 0.15) is 11.9 Å². The first-order valence-corrected chi connectivity index (χ1v) is 13.8. The van der Waals surface area contributed by atoms with Crippen LogP contribution in [0.5, 0.6) is 11.5 Å². The van der Waals surface area contributed by atoms with Crippen molar-refractivity contribution in [3.8, 4) is 11.5 Å². The first-order valence-electron chi connectivity index (χ1n) is 11.7. The van der Waals surface area contributed by atoms with Crippen molar-refractivity contribution in [2.75, 3.05) is 13.6 Å². The van der Waals surface area contributed by atoms with Crippen molar-refractivity contribution < 1.29 is 14.3 Å². The van der Waals surface area contributed by atoms with E-state index in [9.17, 15) is 5.11 Å². The third-order valence-corrected chi connectivity index (χ3v) is 13.9. The Morgan fingerprint density at radius 2 is 1.80 bits per heavy atom. The molecule has 4 nitrogen and oxygen atoms in total. The van der Waals surface area contributed by atoms with Gasteiger partial charge in [0.25, 0.3) is 8.32 Å². The van der Waals surface area contributed by atoms with E-state index in [0.29, 0.717) is 23.0 Å². The van der Waals surface area contributed by atoms with E-state index in [-0.39, 0.29) is 11.5 Å². The van der Waals surface area contributed by atoms with Crippen LogP contribution in [-0.4, -0.2) is 44.1 Å². The summed E-state index contributed by atoms with van der Waals surface area (Å²) in [6.07, 6.45) is 5.43. The van der Waals surface area contributed by atoms with Gasteiger partial charge in [0, 0.05) is 18.5 Å². The number of hydrogen-bond acceptors (Lipinski definition) is 4. The Balaban J connectivity index is 1.86. The van der Waals surface area contributed by atoms with Crippen molar-refractivity contribution in [2.24, 2.45) is 0 Å². The molecule has 5 heteroatoms. The smallest absolute Gasteiger partial charge is 0.258 e. The van der Waals surface area contributed by atoms with Gasteiger partial charge in [-0.25, -0.2) is 0 Å². The SMILES string of the molecule is CC(C)[Si](Oc1ccc2c3c1O[C@H]1C[C@@H](O)C=C[C@@]31CCN(C)C2)(C(C)C)C(C)C. The van der Waals surface area contributed by atoms with Crippen LogP contribution in [0.15, 0.2) is 24.3 Å². The monoisotopic (exact) mass is 429 g/mol. The summed E-state index contributed by atoms with van der Waals surface area (Å²) in [7, 11) is 0.103. The van der Waals surface area contributed by atoms with E-state index in [1.54, 1.807) is 0 Å². The van der Waals surface area contributed by atoms with Crippen LogP contribution in [0.1, 0.15) is 65.5 Å². The predicted octanol–water partition coefficient (Wildman–Crippen LogP) is 5.40. The van der Waals surface area contributed by atoms with Gasteiger partial charge in [-0.15, -0.1) is 0 Å². The molecule has 3 atom stereocenters. The van der Waals surface area contributed by atoms with Crippen molar-refractivity contribution >= 4 is 8.32 Å². The highest BCUT2D eigenvalue weighted by Crippen LogP contribution is 2.57. The minimum atomic E-state index is -2.09. The fourth-order valence-corrected chi connectivity index (χ4v) is 11.8. The summed E-state index contributed by atoms with van der Waals surface area (Å²) >= 11 is 0. The summed E-state index contributed by atoms with van der Waals surface area (Å²) in [5.74, 6) is 1.88. The molecule has 0 fully saturated rings. The number of hydrogen-bond donors (Lipinski definition) is 1. The van der Waals surface area contributed by atoms with Crippen LogP contribution < -0.4 is 9.16 Å². The van der Waals surface area contributed by atoms with E-state index in [4.69, 9.17) is 9.16 Å². The maximum atomic E-state index is 10.3. The fraction of sp³-hybridized carbons (Fsp3) is 0.680. The van der Waals surface area contributed by atoms with Crippen LogP contribution in [0, 0.1) is 0 Å². The van der Waals surface area contributed by atoms with Crippen molar-refractivity contribution in [3.63, 3.8) is 0 Å². The molecule has 0 amide bonds. The van der Waals surface area contributed by atoms with Crippen LogP contribution in [0.25, 0.3) is 0 Å². The largest absolute Gasteiger partial charge is 0.540 e. The van der Waals surface area contributed by atoms with Crippen LogP contribution in [-0.2, 0) is 12.0 Å². The van der Waals surface area contributed by atoms with Gasteiger partial charge in [-0.1, -0.05) is 59.8 Å². The summed E-state index contributed by atoms with van der Waals surface area (Å²) in [5.41, 5.74) is 4.03. The third kappa shape index (κ3) is 3.16. The van der Waals surface area contributed by atoms with Crippen molar-refractivity contribution in [2.45, 2.75) is 95.2 Å². The summed E-state index contributed by atoms with van der Waals surface area (Å²) in [4.78, 5) is 2.40. The molecule has 166 valence electrons. The summed E-state index contributed by atoms with van der Waals surface area (Å²) in [6, 6.07) is 4.43. The minimum absolute atomic E-state index is 0.0179. The summed E-state index contributed by atoms with van der Waals surface area (Å²) < 4.78 is 13.8. The minimum Gasteiger partial charge on any atom is -0.540 e. The number of aliphatic hydroxyl groups is 1. The molecule has 0 saturated heterocycles. The molecule has 0 radical (unpaired) electrons. The fourth-order valence-electron chi connectivity index (χ4n) is 6.54. The Bertz CT molecular complexity index is 812. The van der Waals surface area contributed by atoms with Crippen LogP contribution in [0.4, 0.5) is 0 Å². The number of aliphatic hydroxyl groups excluding tert-OH is 1. The standard InChI is InChI=1S/C25H39NO3Si/c1-16(2)30(17(3)4,18(5)6)29-21-9-8-19-15-26(7)13-12-25-11-10-20(27)14-22(25)28-24(21)23(19)25/h8-11,16-18,20,22,27H,12-15H2,1-7H3/t20-,22-,25-/m0/s1. The Morgan fingerprint density at radius 3 is 2.43 bits per heavy atom. The number of rotatable bonds is 5. The number of ether oxygens (including phenoxy) is 1. The van der Waals surface area contributed by atoms with E-state index < -0.39 is 14.4 Å². The van der Waals surface area contributed by atoms with Crippen molar-refractivity contribution in [3.05, 3.63) is 35.4 Å². The molecule has 1 aromatic carbocycles. The number of nitrogens with zero attached hydrogens (tertiary/aromatic N) is 1. The Kier molecular flexibility index (Phi) is 5.61. The highest BCUT2D eigenvalue weighted by Gasteiger charge is 2.54. The maximum Gasteiger partial charge on any atom is 0.258 e. The van der Waals surface area contributed by atoms with Gasteiger partial charge in [0.15, 0.2) is 5.75 Å². The second-order valence-electron chi connectivity index (χ2n) is 10.6. The molecule has 0 unspecified atom stereocenters. The van der Waals surface area contributed by atoms with Crippen molar-refractivity contribution in [1.82, 2.24) is 4.90 Å². The Labute approximate surface area is 183 Å².